The average Bonchev–Trinajstić information content (AvgIpc) is 2.46. The van der Waals surface area contributed by atoms with E-state index in [2.05, 4.69) is 12.2 Å². The molecule has 114 valence electrons. The van der Waals surface area contributed by atoms with E-state index in [-0.39, 0.29) is 11.9 Å². The van der Waals surface area contributed by atoms with Crippen molar-refractivity contribution in [1.82, 2.24) is 5.32 Å². The monoisotopic (exact) mass is 281 g/mol. The first-order chi connectivity index (χ1) is 9.79. The molecule has 1 unspecified atom stereocenters. The molecule has 0 aliphatic rings. The predicted octanol–water partition coefficient (Wildman–Crippen LogP) is 4.46. The summed E-state index contributed by atoms with van der Waals surface area (Å²) >= 11 is 0. The fourth-order valence-corrected chi connectivity index (χ4v) is 2.27. The minimum atomic E-state index is -0.162. The maximum atomic E-state index is 13.8. The molecule has 1 N–H and O–H groups in total. The maximum Gasteiger partial charge on any atom is 0.128 e. The van der Waals surface area contributed by atoms with Gasteiger partial charge in [0.2, 0.25) is 0 Å². The van der Waals surface area contributed by atoms with Crippen molar-refractivity contribution in [2.24, 2.45) is 0 Å². The predicted molar refractivity (Wildman–Crippen MR) is 82.4 cm³/mol. The number of benzene rings is 1. The average molecular weight is 281 g/mol. The molecular formula is C17H28FNO. The normalized spacial score (nSPS) is 12.6. The Labute approximate surface area is 122 Å². The molecule has 0 fully saturated rings. The molecule has 0 saturated carbocycles. The number of hydrogen-bond acceptors (Lipinski definition) is 2. The summed E-state index contributed by atoms with van der Waals surface area (Å²) in [4.78, 5) is 0. The van der Waals surface area contributed by atoms with Crippen molar-refractivity contribution in [2.45, 2.75) is 52.0 Å². The van der Waals surface area contributed by atoms with Gasteiger partial charge in [0, 0.05) is 12.2 Å². The third-order valence-corrected chi connectivity index (χ3v) is 3.41. The minimum absolute atomic E-state index is 0.0585. The highest BCUT2D eigenvalue weighted by Gasteiger charge is 2.14. The van der Waals surface area contributed by atoms with E-state index in [4.69, 9.17) is 4.74 Å². The number of hydrogen-bond donors (Lipinski definition) is 1. The second-order valence-corrected chi connectivity index (χ2v) is 5.12. The molecule has 3 heteroatoms. The van der Waals surface area contributed by atoms with Gasteiger partial charge < -0.3 is 10.1 Å². The van der Waals surface area contributed by atoms with Crippen molar-refractivity contribution in [3.8, 4) is 0 Å². The second-order valence-electron chi connectivity index (χ2n) is 5.12. The quantitative estimate of drug-likeness (QED) is 0.604. The summed E-state index contributed by atoms with van der Waals surface area (Å²) in [6.45, 7) is 6.34. The molecule has 0 aromatic heterocycles. The van der Waals surface area contributed by atoms with E-state index in [1.165, 1.54) is 31.7 Å². The van der Waals surface area contributed by atoms with Crippen molar-refractivity contribution < 1.29 is 9.13 Å². The summed E-state index contributed by atoms with van der Waals surface area (Å²) in [6.07, 6.45) is 6.16. The summed E-state index contributed by atoms with van der Waals surface area (Å²) in [5, 5.41) is 3.29. The number of ether oxygens (including phenoxy) is 1. The van der Waals surface area contributed by atoms with Gasteiger partial charge in [0.1, 0.15) is 5.82 Å². The van der Waals surface area contributed by atoms with Crippen molar-refractivity contribution in [3.05, 3.63) is 35.6 Å². The molecule has 1 atom stereocenters. The molecule has 0 radical (unpaired) electrons. The van der Waals surface area contributed by atoms with Gasteiger partial charge in [-0.2, -0.15) is 0 Å². The third-order valence-electron chi connectivity index (χ3n) is 3.41. The molecular weight excluding hydrogens is 253 g/mol. The van der Waals surface area contributed by atoms with Crippen molar-refractivity contribution in [1.29, 1.82) is 0 Å². The van der Waals surface area contributed by atoms with Crippen molar-refractivity contribution in [3.63, 3.8) is 0 Å². The van der Waals surface area contributed by atoms with Crippen molar-refractivity contribution >= 4 is 0 Å². The van der Waals surface area contributed by atoms with Crippen LogP contribution in [0.2, 0.25) is 0 Å². The van der Waals surface area contributed by atoms with Gasteiger partial charge in [0.25, 0.3) is 0 Å². The molecule has 0 heterocycles. The summed E-state index contributed by atoms with van der Waals surface area (Å²) < 4.78 is 19.5. The first-order valence-corrected chi connectivity index (χ1v) is 7.85. The Morgan fingerprint density at radius 3 is 2.55 bits per heavy atom. The van der Waals surface area contributed by atoms with Crippen molar-refractivity contribution in [2.75, 3.05) is 19.8 Å². The zero-order valence-corrected chi connectivity index (χ0v) is 12.8. The van der Waals surface area contributed by atoms with Crippen LogP contribution in [0.3, 0.4) is 0 Å². The first kappa shape index (κ1) is 17.1. The van der Waals surface area contributed by atoms with Crippen LogP contribution in [-0.4, -0.2) is 19.8 Å². The molecule has 0 aliphatic heterocycles. The van der Waals surface area contributed by atoms with Crippen LogP contribution >= 0.6 is 0 Å². The molecule has 1 rings (SSSR count). The van der Waals surface area contributed by atoms with E-state index in [1.807, 2.05) is 19.1 Å². The van der Waals surface area contributed by atoms with Crippen LogP contribution in [-0.2, 0) is 4.74 Å². The number of rotatable bonds is 11. The molecule has 2 nitrogen and oxygen atoms in total. The van der Waals surface area contributed by atoms with Crippen LogP contribution < -0.4 is 5.32 Å². The minimum Gasteiger partial charge on any atom is -0.379 e. The SMILES string of the molecule is CCCCCCCOCC(NCC)c1ccccc1F. The summed E-state index contributed by atoms with van der Waals surface area (Å²) in [6, 6.07) is 6.86. The lowest BCUT2D eigenvalue weighted by Crippen LogP contribution is -2.26. The first-order valence-electron chi connectivity index (χ1n) is 7.85. The Morgan fingerprint density at radius 2 is 1.85 bits per heavy atom. The lowest BCUT2D eigenvalue weighted by Gasteiger charge is -2.19. The zero-order chi connectivity index (χ0) is 14.6. The third kappa shape index (κ3) is 6.49. The summed E-state index contributed by atoms with van der Waals surface area (Å²) in [5.41, 5.74) is 0.695. The van der Waals surface area contributed by atoms with Gasteiger partial charge in [0.15, 0.2) is 0 Å². The number of unbranched alkanes of at least 4 members (excludes halogenated alkanes) is 4. The largest absolute Gasteiger partial charge is 0.379 e. The van der Waals surface area contributed by atoms with E-state index in [9.17, 15) is 4.39 Å². The number of halogens is 1. The van der Waals surface area contributed by atoms with Gasteiger partial charge in [0.05, 0.1) is 12.6 Å². The molecule has 0 spiro atoms. The Hall–Kier alpha value is -0.930. The molecule has 20 heavy (non-hydrogen) atoms. The van der Waals surface area contributed by atoms with Crippen LogP contribution in [0.15, 0.2) is 24.3 Å². The fourth-order valence-electron chi connectivity index (χ4n) is 2.27. The van der Waals surface area contributed by atoms with Crippen LogP contribution in [0.5, 0.6) is 0 Å². The Morgan fingerprint density at radius 1 is 1.10 bits per heavy atom. The topological polar surface area (TPSA) is 21.3 Å². The molecule has 0 aliphatic carbocycles. The van der Waals surface area contributed by atoms with Gasteiger partial charge in [-0.15, -0.1) is 0 Å². The number of nitrogens with one attached hydrogen (secondary N) is 1. The summed E-state index contributed by atoms with van der Waals surface area (Å²) in [5.74, 6) is -0.162. The molecule has 1 aromatic carbocycles. The van der Waals surface area contributed by atoms with Crippen LogP contribution in [0, 0.1) is 5.82 Å². The van der Waals surface area contributed by atoms with Crippen LogP contribution in [0.25, 0.3) is 0 Å². The Kier molecular flexibility index (Phi) is 9.25. The molecule has 0 saturated heterocycles. The Bertz CT molecular complexity index is 357. The van der Waals surface area contributed by atoms with Crippen LogP contribution in [0.1, 0.15) is 57.6 Å². The van der Waals surface area contributed by atoms with Crippen LogP contribution in [0.4, 0.5) is 4.39 Å². The summed E-state index contributed by atoms with van der Waals surface area (Å²) in [7, 11) is 0. The van der Waals surface area contributed by atoms with E-state index in [0.717, 1.165) is 19.6 Å². The van der Waals surface area contributed by atoms with E-state index in [0.29, 0.717) is 12.2 Å². The van der Waals surface area contributed by atoms with Gasteiger partial charge in [-0.05, 0) is 19.0 Å². The van der Waals surface area contributed by atoms with Gasteiger partial charge in [-0.25, -0.2) is 4.39 Å². The van der Waals surface area contributed by atoms with Gasteiger partial charge in [-0.3, -0.25) is 0 Å². The van der Waals surface area contributed by atoms with Gasteiger partial charge >= 0.3 is 0 Å². The highest BCUT2D eigenvalue weighted by Crippen LogP contribution is 2.17. The van der Waals surface area contributed by atoms with Gasteiger partial charge in [-0.1, -0.05) is 57.7 Å². The fraction of sp³-hybridized carbons (Fsp3) is 0.647. The Balaban J connectivity index is 2.31. The standard InChI is InChI=1S/C17H28FNO/c1-3-5-6-7-10-13-20-14-17(19-4-2)15-11-8-9-12-16(15)18/h8-9,11-12,17,19H,3-7,10,13-14H2,1-2H3. The highest BCUT2D eigenvalue weighted by molar-refractivity contribution is 5.21. The second kappa shape index (κ2) is 10.8. The maximum absolute atomic E-state index is 13.8. The highest BCUT2D eigenvalue weighted by atomic mass is 19.1. The zero-order valence-electron chi connectivity index (χ0n) is 12.8. The lowest BCUT2D eigenvalue weighted by atomic mass is 10.1. The molecule has 0 amide bonds. The smallest absolute Gasteiger partial charge is 0.128 e. The molecule has 1 aromatic rings. The molecule has 0 bridgehead atoms. The van der Waals surface area contributed by atoms with E-state index >= 15 is 0 Å². The van der Waals surface area contributed by atoms with E-state index in [1.54, 1.807) is 6.07 Å². The van der Waals surface area contributed by atoms with E-state index < -0.39 is 0 Å². The lowest BCUT2D eigenvalue weighted by molar-refractivity contribution is 0.107. The number of likely N-dealkylation sites (N-methyl/N-ethyl adjacent to an activating group) is 1.